The summed E-state index contributed by atoms with van der Waals surface area (Å²) in [5.74, 6) is 1.13. The molecule has 2 saturated heterocycles. The third-order valence-electron chi connectivity index (χ3n) is 4.56. The topological polar surface area (TPSA) is 31.4 Å². The van der Waals surface area contributed by atoms with E-state index in [-0.39, 0.29) is 0 Å². The van der Waals surface area contributed by atoms with Crippen molar-refractivity contribution in [1.29, 1.82) is 0 Å². The number of rotatable bonds is 3. The second kappa shape index (κ2) is 6.55. The van der Waals surface area contributed by atoms with Crippen LogP contribution in [0.4, 0.5) is 5.82 Å². The Morgan fingerprint density at radius 1 is 1.10 bits per heavy atom. The molecule has 0 spiro atoms. The summed E-state index contributed by atoms with van der Waals surface area (Å²) in [5, 5.41) is 3.87. The van der Waals surface area contributed by atoms with E-state index >= 15 is 0 Å². The summed E-state index contributed by atoms with van der Waals surface area (Å²) in [4.78, 5) is 9.31. The maximum atomic E-state index is 4.45. The number of nitrogens with one attached hydrogen (secondary N) is 1. The van der Waals surface area contributed by atoms with Gasteiger partial charge in [0.25, 0.3) is 0 Å². The van der Waals surface area contributed by atoms with E-state index < -0.39 is 0 Å². The van der Waals surface area contributed by atoms with Crippen molar-refractivity contribution in [3.63, 3.8) is 0 Å². The van der Waals surface area contributed by atoms with Gasteiger partial charge < -0.3 is 15.1 Å². The van der Waals surface area contributed by atoms with E-state index in [9.17, 15) is 0 Å². The van der Waals surface area contributed by atoms with Gasteiger partial charge in [0.2, 0.25) is 0 Å². The van der Waals surface area contributed by atoms with E-state index in [0.29, 0.717) is 12.1 Å². The monoisotopic (exact) mass is 274 g/mol. The molecule has 3 heterocycles. The van der Waals surface area contributed by atoms with Crippen LogP contribution in [0, 0.1) is 0 Å². The fourth-order valence-corrected chi connectivity index (χ4v) is 3.45. The lowest BCUT2D eigenvalue weighted by atomic mass is 10.0. The molecule has 1 N–H and O–H groups in total. The maximum absolute atomic E-state index is 4.45. The van der Waals surface area contributed by atoms with Gasteiger partial charge in [-0.05, 0) is 51.4 Å². The van der Waals surface area contributed by atoms with Gasteiger partial charge >= 0.3 is 0 Å². The number of nitrogens with zero attached hydrogens (tertiary/aromatic N) is 3. The number of aromatic nitrogens is 1. The lowest BCUT2D eigenvalue weighted by Crippen LogP contribution is -2.51. The van der Waals surface area contributed by atoms with Crippen molar-refractivity contribution in [1.82, 2.24) is 15.2 Å². The molecular formula is C16H26N4. The van der Waals surface area contributed by atoms with Crippen molar-refractivity contribution < 1.29 is 0 Å². The summed E-state index contributed by atoms with van der Waals surface area (Å²) in [5.41, 5.74) is 0. The molecule has 2 fully saturated rings. The number of likely N-dealkylation sites (tertiary alicyclic amines) is 1. The summed E-state index contributed by atoms with van der Waals surface area (Å²) in [6, 6.07) is 7.55. The van der Waals surface area contributed by atoms with E-state index in [4.69, 9.17) is 0 Å². The molecular weight excluding hydrogens is 248 g/mol. The van der Waals surface area contributed by atoms with Crippen LogP contribution in [0.2, 0.25) is 0 Å². The Morgan fingerprint density at radius 2 is 1.95 bits per heavy atom. The van der Waals surface area contributed by atoms with Crippen molar-refractivity contribution >= 4 is 5.82 Å². The quantitative estimate of drug-likeness (QED) is 0.909. The normalized spacial score (nSPS) is 25.9. The van der Waals surface area contributed by atoms with Crippen molar-refractivity contribution in [3.05, 3.63) is 24.4 Å². The van der Waals surface area contributed by atoms with Gasteiger partial charge in [0.05, 0.1) is 0 Å². The first-order valence-electron chi connectivity index (χ1n) is 7.92. The number of piperidine rings is 2. The number of anilines is 1. The molecule has 1 aromatic heterocycles. The Hall–Kier alpha value is -1.13. The standard InChI is InChI=1S/C16H26N4/c1-19-10-4-5-15(13-19)18-14-7-11-20(12-8-14)16-6-2-3-9-17-16/h2-3,6,9,14-15,18H,4-5,7-8,10-13H2,1H3. The minimum absolute atomic E-state index is 0.687. The Bertz CT molecular complexity index is 400. The summed E-state index contributed by atoms with van der Waals surface area (Å²) < 4.78 is 0. The predicted octanol–water partition coefficient (Wildman–Crippen LogP) is 1.73. The molecule has 1 unspecified atom stereocenters. The predicted molar refractivity (Wildman–Crippen MR) is 83.1 cm³/mol. The zero-order chi connectivity index (χ0) is 13.8. The fraction of sp³-hybridized carbons (Fsp3) is 0.688. The highest BCUT2D eigenvalue weighted by Crippen LogP contribution is 2.18. The zero-order valence-electron chi connectivity index (χ0n) is 12.5. The van der Waals surface area contributed by atoms with Gasteiger partial charge in [0.15, 0.2) is 0 Å². The number of hydrogen-bond acceptors (Lipinski definition) is 4. The van der Waals surface area contributed by atoms with E-state index in [1.165, 1.54) is 38.8 Å². The fourth-order valence-electron chi connectivity index (χ4n) is 3.45. The van der Waals surface area contributed by atoms with Crippen molar-refractivity contribution in [3.8, 4) is 0 Å². The van der Waals surface area contributed by atoms with Crippen molar-refractivity contribution in [2.45, 2.75) is 37.8 Å². The van der Waals surface area contributed by atoms with E-state index in [0.717, 1.165) is 18.9 Å². The second-order valence-corrected chi connectivity index (χ2v) is 6.22. The minimum Gasteiger partial charge on any atom is -0.357 e. The Morgan fingerprint density at radius 3 is 2.65 bits per heavy atom. The number of likely N-dealkylation sites (N-methyl/N-ethyl adjacent to an activating group) is 1. The molecule has 20 heavy (non-hydrogen) atoms. The SMILES string of the molecule is CN1CCCC(NC2CCN(c3ccccn3)CC2)C1. The highest BCUT2D eigenvalue weighted by molar-refractivity contribution is 5.38. The molecule has 2 aliphatic rings. The summed E-state index contributed by atoms with van der Waals surface area (Å²) in [6.45, 7) is 4.71. The Labute approximate surface area is 122 Å². The largest absolute Gasteiger partial charge is 0.357 e. The van der Waals surface area contributed by atoms with Crippen LogP contribution in [0.15, 0.2) is 24.4 Å². The van der Waals surface area contributed by atoms with Gasteiger partial charge in [-0.15, -0.1) is 0 Å². The van der Waals surface area contributed by atoms with Crippen LogP contribution >= 0.6 is 0 Å². The number of pyridine rings is 1. The van der Waals surface area contributed by atoms with Gasteiger partial charge in [0, 0.05) is 37.9 Å². The van der Waals surface area contributed by atoms with Gasteiger partial charge in [-0.25, -0.2) is 4.98 Å². The van der Waals surface area contributed by atoms with Crippen molar-refractivity contribution in [2.75, 3.05) is 38.1 Å². The molecule has 0 aliphatic carbocycles. The van der Waals surface area contributed by atoms with E-state index in [2.05, 4.69) is 39.3 Å². The first-order valence-corrected chi connectivity index (χ1v) is 7.92. The average molecular weight is 274 g/mol. The van der Waals surface area contributed by atoms with Gasteiger partial charge in [0.1, 0.15) is 5.82 Å². The van der Waals surface area contributed by atoms with Crippen LogP contribution in [0.3, 0.4) is 0 Å². The smallest absolute Gasteiger partial charge is 0.128 e. The third-order valence-corrected chi connectivity index (χ3v) is 4.56. The van der Waals surface area contributed by atoms with Gasteiger partial charge in [-0.2, -0.15) is 0 Å². The number of hydrogen-bond donors (Lipinski definition) is 1. The van der Waals surface area contributed by atoms with Gasteiger partial charge in [-0.3, -0.25) is 0 Å². The Balaban J connectivity index is 1.46. The maximum Gasteiger partial charge on any atom is 0.128 e. The molecule has 1 aromatic rings. The first-order chi connectivity index (χ1) is 9.81. The van der Waals surface area contributed by atoms with Crippen LogP contribution in [0.1, 0.15) is 25.7 Å². The minimum atomic E-state index is 0.687. The highest BCUT2D eigenvalue weighted by Gasteiger charge is 2.24. The molecule has 0 amide bonds. The molecule has 0 aromatic carbocycles. The molecule has 4 heteroatoms. The van der Waals surface area contributed by atoms with Crippen LogP contribution in [0.5, 0.6) is 0 Å². The van der Waals surface area contributed by atoms with Crippen LogP contribution in [-0.2, 0) is 0 Å². The van der Waals surface area contributed by atoms with Crippen LogP contribution in [0.25, 0.3) is 0 Å². The molecule has 110 valence electrons. The third kappa shape index (κ3) is 3.49. The van der Waals surface area contributed by atoms with Crippen molar-refractivity contribution in [2.24, 2.45) is 0 Å². The lowest BCUT2D eigenvalue weighted by molar-refractivity contribution is 0.209. The molecule has 4 nitrogen and oxygen atoms in total. The van der Waals surface area contributed by atoms with Gasteiger partial charge in [-0.1, -0.05) is 6.07 Å². The average Bonchev–Trinajstić information content (AvgIpc) is 2.49. The molecule has 0 saturated carbocycles. The highest BCUT2D eigenvalue weighted by atomic mass is 15.2. The lowest BCUT2D eigenvalue weighted by Gasteiger charge is -2.37. The zero-order valence-corrected chi connectivity index (χ0v) is 12.5. The van der Waals surface area contributed by atoms with E-state index in [1.807, 2.05) is 12.3 Å². The van der Waals surface area contributed by atoms with Crippen LogP contribution < -0.4 is 10.2 Å². The van der Waals surface area contributed by atoms with E-state index in [1.54, 1.807) is 0 Å². The second-order valence-electron chi connectivity index (χ2n) is 6.22. The molecule has 2 aliphatic heterocycles. The molecule has 3 rings (SSSR count). The summed E-state index contributed by atoms with van der Waals surface area (Å²) >= 11 is 0. The van der Waals surface area contributed by atoms with Crippen LogP contribution in [-0.4, -0.2) is 55.2 Å². The summed E-state index contributed by atoms with van der Waals surface area (Å²) in [6.07, 6.45) is 7.02. The molecule has 0 radical (unpaired) electrons. The molecule has 1 atom stereocenters. The summed E-state index contributed by atoms with van der Waals surface area (Å²) in [7, 11) is 2.23. The molecule has 0 bridgehead atoms. The first kappa shape index (κ1) is 13.8. The Kier molecular flexibility index (Phi) is 4.53.